The first kappa shape index (κ1) is 13.1. The van der Waals surface area contributed by atoms with Gasteiger partial charge in [0.15, 0.2) is 0 Å². The molecule has 5 nitrogen and oxygen atoms in total. The molecule has 98 valence electrons. The first-order valence-corrected chi connectivity index (χ1v) is 6.23. The highest BCUT2D eigenvalue weighted by Crippen LogP contribution is 2.32. The van der Waals surface area contributed by atoms with Gasteiger partial charge in [0, 0.05) is 18.2 Å². The minimum atomic E-state index is -0.407. The van der Waals surface area contributed by atoms with Gasteiger partial charge < -0.3 is 10.1 Å². The van der Waals surface area contributed by atoms with E-state index in [1.165, 1.54) is 12.1 Å². The van der Waals surface area contributed by atoms with Crippen molar-refractivity contribution in [1.82, 2.24) is 0 Å². The lowest BCUT2D eigenvalue weighted by Crippen LogP contribution is -2.29. The maximum atomic E-state index is 10.9. The second kappa shape index (κ2) is 5.54. The van der Waals surface area contributed by atoms with E-state index >= 15 is 0 Å². The summed E-state index contributed by atoms with van der Waals surface area (Å²) >= 11 is 5.88. The molecule has 2 unspecified atom stereocenters. The van der Waals surface area contributed by atoms with E-state index in [1.54, 1.807) is 13.2 Å². The number of methoxy groups -OCH3 is 1. The lowest BCUT2D eigenvalue weighted by Gasteiger charge is -2.20. The molecular formula is C12H15ClN2O3. The van der Waals surface area contributed by atoms with Crippen LogP contribution >= 0.6 is 11.6 Å². The second-order valence-electron chi connectivity index (χ2n) is 4.37. The summed E-state index contributed by atoms with van der Waals surface area (Å²) in [4.78, 5) is 10.5. The molecule has 1 N–H and O–H groups in total. The topological polar surface area (TPSA) is 64.4 Å². The Kier molecular flexibility index (Phi) is 4.04. The van der Waals surface area contributed by atoms with Crippen molar-refractivity contribution in [2.24, 2.45) is 0 Å². The summed E-state index contributed by atoms with van der Waals surface area (Å²) in [5.41, 5.74) is 0.502. The first-order valence-electron chi connectivity index (χ1n) is 5.85. The van der Waals surface area contributed by atoms with Crippen molar-refractivity contribution in [3.63, 3.8) is 0 Å². The molecule has 2 rings (SSSR count). The Bertz CT molecular complexity index is 453. The average molecular weight is 271 g/mol. The summed E-state index contributed by atoms with van der Waals surface area (Å²) in [5.74, 6) is 0. The van der Waals surface area contributed by atoms with Crippen LogP contribution in [0.1, 0.15) is 19.3 Å². The van der Waals surface area contributed by atoms with Gasteiger partial charge in [0.05, 0.1) is 17.1 Å². The van der Waals surface area contributed by atoms with Crippen molar-refractivity contribution in [2.75, 3.05) is 12.4 Å². The molecule has 2 atom stereocenters. The van der Waals surface area contributed by atoms with Gasteiger partial charge in [0.25, 0.3) is 5.69 Å². The normalized spacial score (nSPS) is 23.0. The third-order valence-electron chi connectivity index (χ3n) is 3.25. The molecule has 0 aromatic heterocycles. The average Bonchev–Trinajstić information content (AvgIpc) is 2.76. The van der Waals surface area contributed by atoms with Gasteiger partial charge in [-0.05, 0) is 31.4 Å². The van der Waals surface area contributed by atoms with Crippen LogP contribution in [0.2, 0.25) is 5.02 Å². The molecule has 6 heteroatoms. The predicted octanol–water partition coefficient (Wildman–Crippen LogP) is 3.23. The van der Waals surface area contributed by atoms with Crippen molar-refractivity contribution < 1.29 is 9.66 Å². The van der Waals surface area contributed by atoms with E-state index in [1.807, 2.05) is 0 Å². The van der Waals surface area contributed by atoms with Crippen LogP contribution in [0.3, 0.4) is 0 Å². The van der Waals surface area contributed by atoms with E-state index in [4.69, 9.17) is 16.3 Å². The Hall–Kier alpha value is -1.33. The first-order chi connectivity index (χ1) is 8.61. The van der Waals surface area contributed by atoms with Gasteiger partial charge in [0.1, 0.15) is 5.69 Å². The van der Waals surface area contributed by atoms with Gasteiger partial charge in [-0.2, -0.15) is 0 Å². The number of nitrogens with zero attached hydrogens (tertiary/aromatic N) is 1. The van der Waals surface area contributed by atoms with Crippen LogP contribution < -0.4 is 5.32 Å². The number of rotatable bonds is 4. The van der Waals surface area contributed by atoms with E-state index in [9.17, 15) is 10.1 Å². The maximum Gasteiger partial charge on any atom is 0.292 e. The maximum absolute atomic E-state index is 10.9. The predicted molar refractivity (Wildman–Crippen MR) is 70.2 cm³/mol. The highest BCUT2D eigenvalue weighted by Gasteiger charge is 2.28. The number of nitro groups is 1. The molecular weight excluding hydrogens is 256 g/mol. The molecule has 0 amide bonds. The summed E-state index contributed by atoms with van der Waals surface area (Å²) in [6.45, 7) is 0. The van der Waals surface area contributed by atoms with Gasteiger partial charge in [-0.25, -0.2) is 0 Å². The molecule has 0 bridgehead atoms. The number of hydrogen-bond acceptors (Lipinski definition) is 4. The van der Waals surface area contributed by atoms with E-state index in [0.29, 0.717) is 10.7 Å². The van der Waals surface area contributed by atoms with Crippen LogP contribution in [0.15, 0.2) is 18.2 Å². The highest BCUT2D eigenvalue weighted by atomic mass is 35.5. The summed E-state index contributed by atoms with van der Waals surface area (Å²) in [7, 11) is 1.66. The zero-order valence-corrected chi connectivity index (χ0v) is 10.8. The van der Waals surface area contributed by atoms with Crippen LogP contribution in [-0.4, -0.2) is 24.2 Å². The zero-order valence-electron chi connectivity index (χ0n) is 10.1. The Morgan fingerprint density at radius 1 is 1.50 bits per heavy atom. The fraction of sp³-hybridized carbons (Fsp3) is 0.500. The monoisotopic (exact) mass is 270 g/mol. The summed E-state index contributed by atoms with van der Waals surface area (Å²) < 4.78 is 5.36. The molecule has 1 aromatic carbocycles. The Balaban J connectivity index is 2.22. The molecule has 1 saturated carbocycles. The van der Waals surface area contributed by atoms with Crippen molar-refractivity contribution in [3.05, 3.63) is 33.3 Å². The molecule has 1 fully saturated rings. The van der Waals surface area contributed by atoms with Crippen molar-refractivity contribution in [3.8, 4) is 0 Å². The molecule has 1 aromatic rings. The molecule has 0 aliphatic heterocycles. The van der Waals surface area contributed by atoms with E-state index < -0.39 is 4.92 Å². The van der Waals surface area contributed by atoms with Gasteiger partial charge >= 0.3 is 0 Å². The third kappa shape index (κ3) is 2.73. The molecule has 0 saturated heterocycles. The summed E-state index contributed by atoms with van der Waals surface area (Å²) in [5, 5.41) is 14.6. The molecule has 0 heterocycles. The molecule has 18 heavy (non-hydrogen) atoms. The van der Waals surface area contributed by atoms with E-state index in [0.717, 1.165) is 19.3 Å². The van der Waals surface area contributed by atoms with Gasteiger partial charge in [-0.15, -0.1) is 0 Å². The number of benzene rings is 1. The van der Waals surface area contributed by atoms with Gasteiger partial charge in [-0.1, -0.05) is 11.6 Å². The van der Waals surface area contributed by atoms with Crippen LogP contribution in [0.4, 0.5) is 11.4 Å². The smallest absolute Gasteiger partial charge is 0.292 e. The van der Waals surface area contributed by atoms with Gasteiger partial charge in [-0.3, -0.25) is 10.1 Å². The Morgan fingerprint density at radius 2 is 2.28 bits per heavy atom. The van der Waals surface area contributed by atoms with Gasteiger partial charge in [0.2, 0.25) is 0 Å². The lowest BCUT2D eigenvalue weighted by molar-refractivity contribution is -0.384. The number of anilines is 1. The molecule has 0 spiro atoms. The van der Waals surface area contributed by atoms with E-state index in [2.05, 4.69) is 5.32 Å². The largest absolute Gasteiger partial charge is 0.379 e. The van der Waals surface area contributed by atoms with Crippen LogP contribution in [-0.2, 0) is 4.74 Å². The molecule has 1 aliphatic rings. The quantitative estimate of drug-likeness (QED) is 0.674. The number of nitrogens with one attached hydrogen (secondary N) is 1. The SMILES string of the molecule is COC1CCCC1Nc1cc(Cl)ccc1[N+](=O)[O-]. The van der Waals surface area contributed by atoms with Crippen molar-refractivity contribution in [2.45, 2.75) is 31.4 Å². The van der Waals surface area contributed by atoms with Crippen LogP contribution in [0.5, 0.6) is 0 Å². The minimum absolute atomic E-state index is 0.0427. The standard InChI is InChI=1S/C12H15ClN2O3/c1-18-12-4-2-3-9(12)14-10-7-8(13)5-6-11(10)15(16)17/h5-7,9,12,14H,2-4H2,1H3. The van der Waals surface area contributed by atoms with Crippen molar-refractivity contribution in [1.29, 1.82) is 0 Å². The number of halogens is 1. The minimum Gasteiger partial charge on any atom is -0.379 e. The Labute approximate surface area is 110 Å². The molecule has 0 radical (unpaired) electrons. The number of nitro benzene ring substituents is 1. The Morgan fingerprint density at radius 3 is 2.94 bits per heavy atom. The number of ether oxygens (including phenoxy) is 1. The van der Waals surface area contributed by atoms with Crippen molar-refractivity contribution >= 4 is 23.0 Å². The zero-order chi connectivity index (χ0) is 13.1. The highest BCUT2D eigenvalue weighted by molar-refractivity contribution is 6.31. The fourth-order valence-corrected chi connectivity index (χ4v) is 2.53. The fourth-order valence-electron chi connectivity index (χ4n) is 2.36. The summed E-state index contributed by atoms with van der Waals surface area (Å²) in [6.07, 6.45) is 3.08. The van der Waals surface area contributed by atoms with Crippen LogP contribution in [0, 0.1) is 10.1 Å². The van der Waals surface area contributed by atoms with Crippen LogP contribution in [0.25, 0.3) is 0 Å². The van der Waals surface area contributed by atoms with E-state index in [-0.39, 0.29) is 17.8 Å². The third-order valence-corrected chi connectivity index (χ3v) is 3.49. The lowest BCUT2D eigenvalue weighted by atomic mass is 10.2. The summed E-state index contributed by atoms with van der Waals surface area (Å²) in [6, 6.07) is 4.63. The number of hydrogen-bond donors (Lipinski definition) is 1. The molecule has 1 aliphatic carbocycles. The second-order valence-corrected chi connectivity index (χ2v) is 4.81.